The van der Waals surface area contributed by atoms with Gasteiger partial charge in [0, 0.05) is 25.9 Å². The fraction of sp³-hybridized carbons (Fsp3) is 0.300. The monoisotopic (exact) mass is 162 g/mol. The molecule has 1 radical (unpaired) electrons. The summed E-state index contributed by atoms with van der Waals surface area (Å²) in [6.07, 6.45) is 10.3. The Bertz CT molecular complexity index is 259. The van der Waals surface area contributed by atoms with Gasteiger partial charge in [0.05, 0.1) is 0 Å². The minimum atomic E-state index is 0.644. The quantitative estimate of drug-likeness (QED) is 0.612. The van der Waals surface area contributed by atoms with Gasteiger partial charge < -0.3 is 4.90 Å². The fourth-order valence-electron chi connectivity index (χ4n) is 1.06. The summed E-state index contributed by atoms with van der Waals surface area (Å²) in [4.78, 5) is 12.2. The molecule has 0 aromatic heterocycles. The van der Waals surface area contributed by atoms with Crippen LogP contribution in [0, 0.1) is 0 Å². The molecule has 0 N–H and O–H groups in total. The number of rotatable bonds is 2. The molecule has 0 amide bonds. The third-order valence-electron chi connectivity index (χ3n) is 1.58. The Balaban J connectivity index is 2.65. The first kappa shape index (κ1) is 8.78. The van der Waals surface area contributed by atoms with E-state index in [-0.39, 0.29) is 0 Å². The molecule has 63 valence electrons. The first-order valence-electron chi connectivity index (χ1n) is 3.86. The van der Waals surface area contributed by atoms with E-state index in [1.807, 2.05) is 43.6 Å². The van der Waals surface area contributed by atoms with Gasteiger partial charge >= 0.3 is 0 Å². The minimum absolute atomic E-state index is 0.644. The summed E-state index contributed by atoms with van der Waals surface area (Å²) in [5.74, 6) is 0. The highest BCUT2D eigenvalue weighted by molar-refractivity contribution is 5.79. The standard InChI is InChI=1S/C10H12NO/c1-11(2)7-9-3-5-10(8-12)6-4-9/h3,5-7H,4H2,1-2H3. The highest BCUT2D eigenvalue weighted by Gasteiger charge is 2.00. The predicted molar refractivity (Wildman–Crippen MR) is 49.3 cm³/mol. The van der Waals surface area contributed by atoms with Crippen molar-refractivity contribution in [2.24, 2.45) is 0 Å². The van der Waals surface area contributed by atoms with Crippen LogP contribution in [-0.2, 0) is 4.79 Å². The van der Waals surface area contributed by atoms with Crippen LogP contribution in [0.2, 0.25) is 0 Å². The average molecular weight is 162 g/mol. The van der Waals surface area contributed by atoms with Crippen LogP contribution >= 0.6 is 0 Å². The Kier molecular flexibility index (Phi) is 2.86. The Morgan fingerprint density at radius 1 is 1.50 bits per heavy atom. The summed E-state index contributed by atoms with van der Waals surface area (Å²) >= 11 is 0. The topological polar surface area (TPSA) is 20.3 Å². The van der Waals surface area contributed by atoms with E-state index in [1.54, 1.807) is 6.08 Å². The van der Waals surface area contributed by atoms with E-state index < -0.39 is 0 Å². The average Bonchev–Trinajstić information content (AvgIpc) is 2.05. The molecule has 1 aliphatic rings. The van der Waals surface area contributed by atoms with E-state index in [9.17, 15) is 4.79 Å². The molecule has 0 bridgehead atoms. The van der Waals surface area contributed by atoms with Crippen molar-refractivity contribution in [1.29, 1.82) is 0 Å². The van der Waals surface area contributed by atoms with Crippen molar-refractivity contribution in [3.8, 4) is 0 Å². The van der Waals surface area contributed by atoms with Gasteiger partial charge in [0.1, 0.15) is 0 Å². The lowest BCUT2D eigenvalue weighted by atomic mass is 10.0. The zero-order chi connectivity index (χ0) is 8.97. The molecule has 2 heteroatoms. The molecule has 0 atom stereocenters. The smallest absolute Gasteiger partial charge is 0.233 e. The summed E-state index contributed by atoms with van der Waals surface area (Å²) < 4.78 is 0. The number of hydrogen-bond donors (Lipinski definition) is 0. The molecular weight excluding hydrogens is 150 g/mol. The number of allylic oxidation sites excluding steroid dienone is 5. The van der Waals surface area contributed by atoms with Gasteiger partial charge in [0.15, 0.2) is 0 Å². The summed E-state index contributed by atoms with van der Waals surface area (Å²) in [7, 11) is 3.96. The molecule has 0 fully saturated rings. The molecule has 0 heterocycles. The van der Waals surface area contributed by atoms with E-state index in [0.717, 1.165) is 6.42 Å². The van der Waals surface area contributed by atoms with Gasteiger partial charge in [0.2, 0.25) is 6.29 Å². The summed E-state index contributed by atoms with van der Waals surface area (Å²) in [6.45, 7) is 0. The van der Waals surface area contributed by atoms with Gasteiger partial charge in [-0.1, -0.05) is 18.2 Å². The van der Waals surface area contributed by atoms with E-state index >= 15 is 0 Å². The lowest BCUT2D eigenvalue weighted by molar-refractivity contribution is 0.558. The normalized spacial score (nSPS) is 19.2. The van der Waals surface area contributed by atoms with Crippen molar-refractivity contribution < 1.29 is 4.79 Å². The second kappa shape index (κ2) is 3.90. The van der Waals surface area contributed by atoms with Crippen LogP contribution in [0.15, 0.2) is 35.6 Å². The van der Waals surface area contributed by atoms with Crippen molar-refractivity contribution in [3.05, 3.63) is 35.6 Å². The molecule has 0 saturated carbocycles. The molecule has 0 aromatic rings. The Morgan fingerprint density at radius 2 is 2.25 bits per heavy atom. The molecule has 2 nitrogen and oxygen atoms in total. The second-order valence-electron chi connectivity index (χ2n) is 2.97. The van der Waals surface area contributed by atoms with Crippen molar-refractivity contribution in [2.75, 3.05) is 14.1 Å². The third-order valence-corrected chi connectivity index (χ3v) is 1.58. The zero-order valence-electron chi connectivity index (χ0n) is 7.37. The molecule has 0 spiro atoms. The van der Waals surface area contributed by atoms with Gasteiger partial charge in [-0.05, 0) is 12.0 Å². The Labute approximate surface area is 72.9 Å². The Hall–Kier alpha value is -1.31. The summed E-state index contributed by atoms with van der Waals surface area (Å²) in [6, 6.07) is 0. The first-order valence-corrected chi connectivity index (χ1v) is 3.86. The van der Waals surface area contributed by atoms with E-state index in [1.165, 1.54) is 5.57 Å². The molecule has 1 aliphatic carbocycles. The Morgan fingerprint density at radius 3 is 2.67 bits per heavy atom. The van der Waals surface area contributed by atoms with Gasteiger partial charge in [-0.25, -0.2) is 0 Å². The van der Waals surface area contributed by atoms with Crippen molar-refractivity contribution in [2.45, 2.75) is 6.42 Å². The van der Waals surface area contributed by atoms with Crippen molar-refractivity contribution in [3.63, 3.8) is 0 Å². The highest BCUT2D eigenvalue weighted by Crippen LogP contribution is 2.13. The first-order chi connectivity index (χ1) is 5.72. The maximum atomic E-state index is 10.2. The number of hydrogen-bond acceptors (Lipinski definition) is 2. The molecule has 12 heavy (non-hydrogen) atoms. The number of nitrogens with zero attached hydrogens (tertiary/aromatic N) is 1. The third kappa shape index (κ3) is 2.38. The minimum Gasteiger partial charge on any atom is -0.383 e. The maximum absolute atomic E-state index is 10.2. The lowest BCUT2D eigenvalue weighted by Crippen LogP contribution is -2.03. The molecule has 1 rings (SSSR count). The summed E-state index contributed by atoms with van der Waals surface area (Å²) in [5, 5.41) is 0. The van der Waals surface area contributed by atoms with Crippen LogP contribution in [0.1, 0.15) is 6.42 Å². The van der Waals surface area contributed by atoms with Crippen LogP contribution in [0.4, 0.5) is 0 Å². The summed E-state index contributed by atoms with van der Waals surface area (Å²) in [5.41, 5.74) is 1.85. The van der Waals surface area contributed by atoms with E-state index in [2.05, 4.69) is 0 Å². The van der Waals surface area contributed by atoms with Crippen molar-refractivity contribution >= 4 is 6.29 Å². The maximum Gasteiger partial charge on any atom is 0.233 e. The van der Waals surface area contributed by atoms with Gasteiger partial charge in [-0.2, -0.15) is 0 Å². The van der Waals surface area contributed by atoms with Crippen LogP contribution in [0.5, 0.6) is 0 Å². The van der Waals surface area contributed by atoms with E-state index in [4.69, 9.17) is 0 Å². The van der Waals surface area contributed by atoms with Crippen LogP contribution in [0.25, 0.3) is 0 Å². The number of carbonyl (C=O) groups excluding carboxylic acids is 1. The molecule has 0 unspecified atom stereocenters. The fourth-order valence-corrected chi connectivity index (χ4v) is 1.06. The SMILES string of the molecule is CN(C)C=C1C=CC([C]=O)=CC1. The highest BCUT2D eigenvalue weighted by atomic mass is 16.1. The molecule has 0 aromatic carbocycles. The molecular formula is C10H12NO. The van der Waals surface area contributed by atoms with Gasteiger partial charge in [-0.15, -0.1) is 0 Å². The van der Waals surface area contributed by atoms with Crippen LogP contribution in [0.3, 0.4) is 0 Å². The predicted octanol–water partition coefficient (Wildman–Crippen LogP) is 1.43. The molecule has 0 aliphatic heterocycles. The second-order valence-corrected chi connectivity index (χ2v) is 2.97. The van der Waals surface area contributed by atoms with Crippen LogP contribution < -0.4 is 0 Å². The largest absolute Gasteiger partial charge is 0.383 e. The lowest BCUT2D eigenvalue weighted by Gasteiger charge is -2.09. The molecule has 0 saturated heterocycles. The van der Waals surface area contributed by atoms with Gasteiger partial charge in [0.25, 0.3) is 0 Å². The van der Waals surface area contributed by atoms with E-state index in [0.29, 0.717) is 5.57 Å². The van der Waals surface area contributed by atoms with Gasteiger partial charge in [-0.3, -0.25) is 4.79 Å². The zero-order valence-corrected chi connectivity index (χ0v) is 7.37. The van der Waals surface area contributed by atoms with Crippen molar-refractivity contribution in [1.82, 2.24) is 4.90 Å². The van der Waals surface area contributed by atoms with Crippen LogP contribution in [-0.4, -0.2) is 25.3 Å².